The van der Waals surface area contributed by atoms with Gasteiger partial charge in [-0.15, -0.1) is 11.3 Å². The number of anilines is 1. The van der Waals surface area contributed by atoms with E-state index in [0.29, 0.717) is 35.0 Å². The van der Waals surface area contributed by atoms with Gasteiger partial charge in [0, 0.05) is 28.9 Å². The number of thiophene rings is 1. The molecule has 2 aromatic rings. The highest BCUT2D eigenvalue weighted by Crippen LogP contribution is 2.51. The zero-order valence-corrected chi connectivity index (χ0v) is 22.5. The lowest BCUT2D eigenvalue weighted by Crippen LogP contribution is -2.56. The van der Waals surface area contributed by atoms with Gasteiger partial charge in [-0.05, 0) is 56.9 Å². The number of benzene rings is 1. The van der Waals surface area contributed by atoms with E-state index in [0.717, 1.165) is 41.7 Å². The van der Waals surface area contributed by atoms with E-state index in [1.807, 2.05) is 32.0 Å². The van der Waals surface area contributed by atoms with Crippen LogP contribution < -0.4 is 14.8 Å². The largest absolute Gasteiger partial charge is 0.497 e. The van der Waals surface area contributed by atoms with Crippen LogP contribution in [0.4, 0.5) is 5.00 Å². The molecule has 2 fully saturated rings. The van der Waals surface area contributed by atoms with Crippen LogP contribution in [-0.2, 0) is 9.53 Å². The highest BCUT2D eigenvalue weighted by Gasteiger charge is 2.50. The molecule has 36 heavy (non-hydrogen) atoms. The predicted molar refractivity (Wildman–Crippen MR) is 139 cm³/mol. The van der Waals surface area contributed by atoms with Crippen molar-refractivity contribution in [1.29, 1.82) is 0 Å². The number of aryl methyl sites for hydroxylation is 1. The fourth-order valence-electron chi connectivity index (χ4n) is 5.82. The van der Waals surface area contributed by atoms with Gasteiger partial charge in [-0.1, -0.05) is 12.8 Å². The Balaban J connectivity index is 1.66. The quantitative estimate of drug-likeness (QED) is 0.524. The normalized spacial score (nSPS) is 24.1. The molecule has 1 aromatic heterocycles. The van der Waals surface area contributed by atoms with Gasteiger partial charge in [-0.2, -0.15) is 0 Å². The topological polar surface area (TPSA) is 97.3 Å². The van der Waals surface area contributed by atoms with Gasteiger partial charge in [0.05, 0.1) is 39.0 Å². The van der Waals surface area contributed by atoms with E-state index in [2.05, 4.69) is 10.2 Å². The summed E-state index contributed by atoms with van der Waals surface area (Å²) in [5.74, 6) is 0.697. The number of esters is 1. The lowest BCUT2D eigenvalue weighted by Gasteiger charge is -2.52. The molecule has 1 aromatic carbocycles. The summed E-state index contributed by atoms with van der Waals surface area (Å²) in [5.41, 5.74) is 1.35. The minimum atomic E-state index is -0.774. The second-order valence-corrected chi connectivity index (χ2v) is 11.0. The van der Waals surface area contributed by atoms with Crippen molar-refractivity contribution in [2.45, 2.75) is 57.6 Å². The number of rotatable bonds is 7. The Morgan fingerprint density at radius 3 is 2.64 bits per heavy atom. The number of aliphatic hydroxyl groups is 1. The predicted octanol–water partition coefficient (Wildman–Crippen LogP) is 4.48. The number of nitrogens with one attached hydrogen (secondary N) is 1. The fourth-order valence-corrected chi connectivity index (χ4v) is 6.88. The number of nitrogens with zero attached hydrogens (tertiary/aromatic N) is 1. The van der Waals surface area contributed by atoms with Crippen molar-refractivity contribution < 1.29 is 28.9 Å². The molecule has 4 rings (SSSR count). The maximum atomic E-state index is 13.3. The highest BCUT2D eigenvalue weighted by molar-refractivity contribution is 7.16. The van der Waals surface area contributed by atoms with Crippen molar-refractivity contribution in [2.75, 3.05) is 39.7 Å². The van der Waals surface area contributed by atoms with Crippen LogP contribution in [0, 0.1) is 19.8 Å². The molecule has 2 aliphatic rings. The summed E-state index contributed by atoms with van der Waals surface area (Å²) in [6.07, 6.45) is 4.28. The molecule has 1 aliphatic heterocycles. The molecule has 3 atom stereocenters. The van der Waals surface area contributed by atoms with Crippen molar-refractivity contribution in [1.82, 2.24) is 4.90 Å². The minimum Gasteiger partial charge on any atom is -0.497 e. The number of hydrogen-bond acceptors (Lipinski definition) is 8. The van der Waals surface area contributed by atoms with E-state index >= 15 is 0 Å². The Hall–Kier alpha value is -2.62. The lowest BCUT2D eigenvalue weighted by molar-refractivity contribution is -0.135. The van der Waals surface area contributed by atoms with Gasteiger partial charge < -0.3 is 24.6 Å². The molecule has 1 aliphatic carbocycles. The molecule has 1 saturated heterocycles. The van der Waals surface area contributed by atoms with Gasteiger partial charge in [0.1, 0.15) is 16.5 Å². The molecular weight excluding hydrogens is 480 g/mol. The molecule has 0 spiro atoms. The van der Waals surface area contributed by atoms with Gasteiger partial charge >= 0.3 is 5.97 Å². The van der Waals surface area contributed by atoms with Crippen molar-refractivity contribution in [3.05, 3.63) is 39.8 Å². The van der Waals surface area contributed by atoms with Gasteiger partial charge in [0.25, 0.3) is 0 Å². The average Bonchev–Trinajstić information content (AvgIpc) is 3.15. The van der Waals surface area contributed by atoms with E-state index in [9.17, 15) is 14.7 Å². The maximum absolute atomic E-state index is 13.3. The van der Waals surface area contributed by atoms with Crippen LogP contribution in [0.25, 0.3) is 0 Å². The summed E-state index contributed by atoms with van der Waals surface area (Å²) in [5, 5.41) is 15.1. The Kier molecular flexibility index (Phi) is 7.92. The SMILES string of the molecule is COC(=O)c1c(NC(=O)CN2CC[C@]3(O)CCCC[C@@H]3[C@@H]2c2cc(OC)ccc2OC)sc(C)c1C. The monoisotopic (exact) mass is 516 g/mol. The van der Waals surface area contributed by atoms with Crippen molar-refractivity contribution in [3.63, 3.8) is 0 Å². The lowest BCUT2D eigenvalue weighted by atomic mass is 9.66. The van der Waals surface area contributed by atoms with Gasteiger partial charge in [-0.3, -0.25) is 9.69 Å². The first-order valence-electron chi connectivity index (χ1n) is 12.4. The van der Waals surface area contributed by atoms with Crippen LogP contribution in [0.3, 0.4) is 0 Å². The molecule has 0 unspecified atom stereocenters. The van der Waals surface area contributed by atoms with Gasteiger partial charge in [-0.25, -0.2) is 4.79 Å². The Morgan fingerprint density at radius 1 is 1.17 bits per heavy atom. The number of fused-ring (bicyclic) bond motifs is 1. The molecule has 1 amide bonds. The van der Waals surface area contributed by atoms with Crippen molar-refractivity contribution in [2.24, 2.45) is 5.92 Å². The van der Waals surface area contributed by atoms with Crippen LogP contribution in [0.2, 0.25) is 0 Å². The number of carbonyl (C=O) groups is 2. The highest BCUT2D eigenvalue weighted by atomic mass is 32.1. The van der Waals surface area contributed by atoms with E-state index in [1.54, 1.807) is 14.2 Å². The minimum absolute atomic E-state index is 0.0364. The third kappa shape index (κ3) is 4.96. The molecule has 2 N–H and O–H groups in total. The number of amides is 1. The second kappa shape index (κ2) is 10.8. The molecule has 8 nitrogen and oxygen atoms in total. The summed E-state index contributed by atoms with van der Waals surface area (Å²) < 4.78 is 16.2. The Morgan fingerprint density at radius 2 is 1.94 bits per heavy atom. The fraction of sp³-hybridized carbons (Fsp3) is 0.556. The summed E-state index contributed by atoms with van der Waals surface area (Å²) in [6.45, 7) is 4.46. The van der Waals surface area contributed by atoms with Gasteiger partial charge in [0.15, 0.2) is 0 Å². The average molecular weight is 517 g/mol. The summed E-state index contributed by atoms with van der Waals surface area (Å²) in [6, 6.07) is 5.47. The third-order valence-electron chi connectivity index (χ3n) is 7.80. The Labute approximate surface area is 216 Å². The van der Waals surface area contributed by atoms with Gasteiger partial charge in [0.2, 0.25) is 5.91 Å². The molecule has 1 saturated carbocycles. The van der Waals surface area contributed by atoms with E-state index < -0.39 is 11.6 Å². The zero-order chi connectivity index (χ0) is 26.0. The van der Waals surface area contributed by atoms with E-state index in [4.69, 9.17) is 14.2 Å². The summed E-state index contributed by atoms with van der Waals surface area (Å²) >= 11 is 1.37. The number of ether oxygens (including phenoxy) is 3. The standard InChI is InChI=1S/C27H36N2O6S/c1-16-17(2)36-25(23(16)26(31)35-5)28-22(30)15-29-13-12-27(32)11-7-6-8-20(27)24(29)19-14-18(33-3)9-10-21(19)34-4/h9-10,14,20,24,32H,6-8,11-13,15H2,1-5H3,(H,28,30)/t20-,24+,27-/m1/s1. The first-order valence-corrected chi connectivity index (χ1v) is 13.2. The number of methoxy groups -OCH3 is 3. The van der Waals surface area contributed by atoms with Crippen LogP contribution in [-0.4, -0.2) is 61.9 Å². The van der Waals surface area contributed by atoms with Crippen LogP contribution in [0.5, 0.6) is 11.5 Å². The van der Waals surface area contributed by atoms with Crippen LogP contribution >= 0.6 is 11.3 Å². The Bertz CT molecular complexity index is 1130. The summed E-state index contributed by atoms with van der Waals surface area (Å²) in [4.78, 5) is 28.8. The number of carbonyl (C=O) groups excluding carboxylic acids is 2. The molecule has 9 heteroatoms. The van der Waals surface area contributed by atoms with Crippen LogP contribution in [0.1, 0.15) is 64.5 Å². The second-order valence-electron chi connectivity index (χ2n) is 9.76. The number of piperidine rings is 1. The summed E-state index contributed by atoms with van der Waals surface area (Å²) in [7, 11) is 4.60. The third-order valence-corrected chi connectivity index (χ3v) is 8.92. The molecule has 2 heterocycles. The molecular formula is C27H36N2O6S. The maximum Gasteiger partial charge on any atom is 0.341 e. The number of likely N-dealkylation sites (tertiary alicyclic amines) is 1. The van der Waals surface area contributed by atoms with Crippen LogP contribution in [0.15, 0.2) is 18.2 Å². The van der Waals surface area contributed by atoms with Crippen molar-refractivity contribution in [3.8, 4) is 11.5 Å². The van der Waals surface area contributed by atoms with E-state index in [-0.39, 0.29) is 24.4 Å². The molecule has 0 bridgehead atoms. The zero-order valence-electron chi connectivity index (χ0n) is 21.7. The smallest absolute Gasteiger partial charge is 0.341 e. The molecule has 196 valence electrons. The molecule has 0 radical (unpaired) electrons. The number of hydrogen-bond donors (Lipinski definition) is 2. The first-order chi connectivity index (χ1) is 17.2. The van der Waals surface area contributed by atoms with E-state index in [1.165, 1.54) is 18.4 Å². The first kappa shape index (κ1) is 26.4. The van der Waals surface area contributed by atoms with Crippen molar-refractivity contribution >= 4 is 28.2 Å².